The Morgan fingerprint density at radius 2 is 1.84 bits per heavy atom. The zero-order valence-corrected chi connectivity index (χ0v) is 17.5. The van der Waals surface area contributed by atoms with E-state index in [9.17, 15) is 13.2 Å². The van der Waals surface area contributed by atoms with Gasteiger partial charge in [-0.25, -0.2) is 9.97 Å². The van der Waals surface area contributed by atoms with E-state index in [1.165, 1.54) is 0 Å². The fourth-order valence-electron chi connectivity index (χ4n) is 2.96. The third kappa shape index (κ3) is 6.25. The van der Waals surface area contributed by atoms with Gasteiger partial charge >= 0.3 is 6.18 Å². The highest BCUT2D eigenvalue weighted by Crippen LogP contribution is 2.30. The molecule has 166 valence electrons. The van der Waals surface area contributed by atoms with Crippen LogP contribution in [0.3, 0.4) is 0 Å². The predicted octanol–water partition coefficient (Wildman–Crippen LogP) is 4.81. The second kappa shape index (κ2) is 9.88. The normalized spacial score (nSPS) is 11.8. The molecule has 0 spiro atoms. The quantitative estimate of drug-likeness (QED) is 0.486. The molecule has 31 heavy (non-hydrogen) atoms. The minimum atomic E-state index is -4.44. The summed E-state index contributed by atoms with van der Waals surface area (Å²) in [6.07, 6.45) is -0.251. The molecule has 0 aliphatic heterocycles. The Kier molecular flexibility index (Phi) is 7.24. The number of aryl methyl sites for hydroxylation is 1. The van der Waals surface area contributed by atoms with E-state index in [1.807, 2.05) is 33.0 Å². The lowest BCUT2D eigenvalue weighted by Crippen LogP contribution is -2.23. The van der Waals surface area contributed by atoms with E-state index in [-0.39, 0.29) is 5.82 Å². The predicted molar refractivity (Wildman–Crippen MR) is 110 cm³/mol. The summed E-state index contributed by atoms with van der Waals surface area (Å²) in [4.78, 5) is 8.46. The number of rotatable bonds is 9. The van der Waals surface area contributed by atoms with Crippen LogP contribution in [-0.4, -0.2) is 39.3 Å². The van der Waals surface area contributed by atoms with Gasteiger partial charge in [-0.2, -0.15) is 18.3 Å². The average molecular weight is 435 g/mol. The van der Waals surface area contributed by atoms with Gasteiger partial charge in [-0.05, 0) is 50.6 Å². The van der Waals surface area contributed by atoms with Gasteiger partial charge in [0.25, 0.3) is 0 Å². The molecule has 0 bridgehead atoms. The van der Waals surface area contributed by atoms with Crippen molar-refractivity contribution in [2.75, 3.05) is 18.5 Å². The van der Waals surface area contributed by atoms with Gasteiger partial charge in [0.05, 0.1) is 24.0 Å². The number of alkyl halides is 3. The highest BCUT2D eigenvalue weighted by Gasteiger charge is 2.30. The van der Waals surface area contributed by atoms with Crippen molar-refractivity contribution >= 4 is 11.6 Å². The second-order valence-electron chi connectivity index (χ2n) is 6.76. The van der Waals surface area contributed by atoms with Gasteiger partial charge < -0.3 is 14.8 Å². The van der Waals surface area contributed by atoms with Crippen molar-refractivity contribution in [3.63, 3.8) is 0 Å². The van der Waals surface area contributed by atoms with Crippen LogP contribution < -0.4 is 5.32 Å². The number of halogens is 3. The smallest absolute Gasteiger partial charge is 0.351 e. The number of aromatic nitrogens is 4. The first kappa shape index (κ1) is 22.7. The van der Waals surface area contributed by atoms with Gasteiger partial charge in [-0.15, -0.1) is 0 Å². The van der Waals surface area contributed by atoms with Crippen LogP contribution in [0.4, 0.5) is 24.8 Å². The molecule has 1 N–H and O–H groups in total. The maximum atomic E-state index is 12.9. The highest BCUT2D eigenvalue weighted by molar-refractivity contribution is 5.63. The Bertz CT molecular complexity index is 1000. The van der Waals surface area contributed by atoms with Crippen LogP contribution in [0.1, 0.15) is 25.0 Å². The Hall–Kier alpha value is -2.98. The number of hydrogen-bond acceptors (Lipinski definition) is 6. The van der Waals surface area contributed by atoms with Gasteiger partial charge in [0.1, 0.15) is 11.6 Å². The molecule has 0 saturated carbocycles. The summed E-state index contributed by atoms with van der Waals surface area (Å²) >= 11 is 0. The zero-order valence-electron chi connectivity index (χ0n) is 17.5. The Morgan fingerprint density at radius 1 is 1.10 bits per heavy atom. The van der Waals surface area contributed by atoms with E-state index in [2.05, 4.69) is 20.4 Å². The molecule has 0 fully saturated rings. The molecule has 3 aromatic heterocycles. The summed E-state index contributed by atoms with van der Waals surface area (Å²) in [7, 11) is 0. The van der Waals surface area contributed by atoms with Crippen molar-refractivity contribution in [3.05, 3.63) is 54.0 Å². The van der Waals surface area contributed by atoms with Crippen LogP contribution in [0, 0.1) is 6.92 Å². The lowest BCUT2D eigenvalue weighted by Gasteiger charge is -2.16. The van der Waals surface area contributed by atoms with Gasteiger partial charge in [0, 0.05) is 31.2 Å². The topological polar surface area (TPSA) is 74.1 Å². The van der Waals surface area contributed by atoms with E-state index in [4.69, 9.17) is 9.47 Å². The fraction of sp³-hybridized carbons (Fsp3) is 0.381. The van der Waals surface area contributed by atoms with Crippen LogP contribution in [0.15, 0.2) is 42.9 Å². The minimum Gasteiger partial charge on any atom is -0.351 e. The average Bonchev–Trinajstić information content (AvgIpc) is 3.16. The maximum Gasteiger partial charge on any atom is 0.416 e. The van der Waals surface area contributed by atoms with Crippen molar-refractivity contribution in [2.24, 2.45) is 0 Å². The second-order valence-corrected chi connectivity index (χ2v) is 6.76. The first-order chi connectivity index (χ1) is 14.8. The van der Waals surface area contributed by atoms with Gasteiger partial charge in [0.2, 0.25) is 0 Å². The summed E-state index contributed by atoms with van der Waals surface area (Å²) in [6.45, 7) is 7.14. The standard InChI is InChI=1S/C21H24F3N5O2/c1-4-30-20(31-5-2)13-29-12-15(11-26-29)17-8-14(3)9-19(27-17)28-18-10-16(6-7-25-18)21(22,23)24/h6-12,20H,4-5,13H2,1-3H3,(H,25,27,28). The molecule has 0 aliphatic rings. The van der Waals surface area contributed by atoms with Crippen molar-refractivity contribution < 1.29 is 22.6 Å². The van der Waals surface area contributed by atoms with Crippen molar-refractivity contribution in [1.29, 1.82) is 0 Å². The molecule has 0 unspecified atom stereocenters. The lowest BCUT2D eigenvalue weighted by atomic mass is 10.2. The van der Waals surface area contributed by atoms with Gasteiger partial charge in [-0.1, -0.05) is 0 Å². The van der Waals surface area contributed by atoms with Crippen molar-refractivity contribution in [1.82, 2.24) is 19.7 Å². The first-order valence-electron chi connectivity index (χ1n) is 9.83. The Morgan fingerprint density at radius 3 is 2.52 bits per heavy atom. The summed E-state index contributed by atoms with van der Waals surface area (Å²) in [5, 5.41) is 7.19. The molecule has 7 nitrogen and oxygen atoms in total. The van der Waals surface area contributed by atoms with Crippen molar-refractivity contribution in [3.8, 4) is 11.3 Å². The molecular weight excluding hydrogens is 411 g/mol. The zero-order chi connectivity index (χ0) is 22.4. The molecule has 3 rings (SSSR count). The third-order valence-corrected chi connectivity index (χ3v) is 4.28. The van der Waals surface area contributed by atoms with E-state index in [1.54, 1.807) is 16.9 Å². The maximum absolute atomic E-state index is 12.9. The number of nitrogens with one attached hydrogen (secondary N) is 1. The van der Waals surface area contributed by atoms with Gasteiger partial charge in [0.15, 0.2) is 6.29 Å². The molecule has 3 aromatic rings. The highest BCUT2D eigenvalue weighted by atomic mass is 19.4. The molecule has 0 aromatic carbocycles. The number of ether oxygens (including phenoxy) is 2. The molecule has 10 heteroatoms. The monoisotopic (exact) mass is 435 g/mol. The largest absolute Gasteiger partial charge is 0.416 e. The van der Waals surface area contributed by atoms with Crippen molar-refractivity contribution in [2.45, 2.75) is 39.8 Å². The lowest BCUT2D eigenvalue weighted by molar-refractivity contribution is -0.144. The van der Waals surface area contributed by atoms with E-state index < -0.39 is 18.0 Å². The third-order valence-electron chi connectivity index (χ3n) is 4.28. The Balaban J connectivity index is 1.80. The fourth-order valence-corrected chi connectivity index (χ4v) is 2.96. The minimum absolute atomic E-state index is 0.0610. The van der Waals surface area contributed by atoms with E-state index in [0.29, 0.717) is 31.3 Å². The first-order valence-corrected chi connectivity index (χ1v) is 9.83. The molecule has 3 heterocycles. The van der Waals surface area contributed by atoms with Crippen LogP contribution >= 0.6 is 0 Å². The summed E-state index contributed by atoms with van der Waals surface area (Å²) in [6, 6.07) is 5.47. The SMILES string of the molecule is CCOC(Cn1cc(-c2cc(C)cc(Nc3cc(C(F)(F)F)ccn3)n2)cn1)OCC. The number of anilines is 2. The molecule has 0 amide bonds. The Labute approximate surface area is 178 Å². The van der Waals surface area contributed by atoms with E-state index >= 15 is 0 Å². The van der Waals surface area contributed by atoms with Gasteiger partial charge in [-0.3, -0.25) is 4.68 Å². The number of hydrogen-bond donors (Lipinski definition) is 1. The summed E-state index contributed by atoms with van der Waals surface area (Å²) in [5.41, 5.74) is 1.49. The van der Waals surface area contributed by atoms with E-state index in [0.717, 1.165) is 29.5 Å². The molecule has 0 radical (unpaired) electrons. The van der Waals surface area contributed by atoms with Crippen LogP contribution in [0.5, 0.6) is 0 Å². The molecule has 0 saturated heterocycles. The number of nitrogens with zero attached hydrogens (tertiary/aromatic N) is 4. The molecule has 0 aliphatic carbocycles. The van der Waals surface area contributed by atoms with Crippen LogP contribution in [-0.2, 0) is 22.2 Å². The van der Waals surface area contributed by atoms with Crippen LogP contribution in [0.2, 0.25) is 0 Å². The number of pyridine rings is 2. The molecular formula is C21H24F3N5O2. The molecule has 0 atom stereocenters. The van der Waals surface area contributed by atoms with Crippen LogP contribution in [0.25, 0.3) is 11.3 Å². The summed E-state index contributed by atoms with van der Waals surface area (Å²) < 4.78 is 51.6. The summed E-state index contributed by atoms with van der Waals surface area (Å²) in [5.74, 6) is 0.446.